The number of fused-ring (bicyclic) bond motifs is 3. The molecule has 2 heteroatoms. The minimum Gasteiger partial charge on any atom is -0.392 e. The van der Waals surface area contributed by atoms with E-state index >= 15 is 0 Å². The van der Waals surface area contributed by atoms with E-state index in [4.69, 9.17) is 0 Å². The SMILES string of the molecule is CC(=CCCC(C)C1CCC2(C)C3=CCC(C(C)C)C(C)(CCC=O)C3=CCC12C)CO. The van der Waals surface area contributed by atoms with Crippen molar-refractivity contribution in [1.82, 2.24) is 0 Å². The van der Waals surface area contributed by atoms with Gasteiger partial charge in [0.2, 0.25) is 0 Å². The van der Waals surface area contributed by atoms with E-state index in [1.807, 2.05) is 6.92 Å². The lowest BCUT2D eigenvalue weighted by molar-refractivity contribution is -0.108. The summed E-state index contributed by atoms with van der Waals surface area (Å²) in [6.45, 7) is 17.0. The minimum atomic E-state index is 0.111. The fraction of sp³-hybridized carbons (Fsp3) is 0.767. The van der Waals surface area contributed by atoms with Gasteiger partial charge in [0.1, 0.15) is 6.29 Å². The van der Waals surface area contributed by atoms with E-state index in [0.29, 0.717) is 29.6 Å². The zero-order chi connectivity index (χ0) is 23.7. The molecule has 0 amide bonds. The molecular formula is C30H48O2. The van der Waals surface area contributed by atoms with Crippen LogP contribution in [0.4, 0.5) is 0 Å². The molecule has 2 nitrogen and oxygen atoms in total. The molecule has 6 atom stereocenters. The molecule has 1 N–H and O–H groups in total. The number of carbonyl (C=O) groups is 1. The van der Waals surface area contributed by atoms with E-state index in [1.165, 1.54) is 19.3 Å². The summed E-state index contributed by atoms with van der Waals surface area (Å²) < 4.78 is 0. The Bertz CT molecular complexity index is 787. The van der Waals surface area contributed by atoms with Gasteiger partial charge in [0.15, 0.2) is 0 Å². The number of aliphatic hydroxyl groups excluding tert-OH is 1. The van der Waals surface area contributed by atoms with Gasteiger partial charge in [-0.1, -0.05) is 65.3 Å². The highest BCUT2D eigenvalue weighted by molar-refractivity contribution is 5.52. The Morgan fingerprint density at radius 3 is 2.47 bits per heavy atom. The van der Waals surface area contributed by atoms with Crippen molar-refractivity contribution in [3.8, 4) is 0 Å². The molecule has 3 rings (SSSR count). The van der Waals surface area contributed by atoms with Gasteiger partial charge in [-0.2, -0.15) is 0 Å². The lowest BCUT2D eigenvalue weighted by Crippen LogP contribution is -2.47. The van der Waals surface area contributed by atoms with Gasteiger partial charge in [-0.3, -0.25) is 0 Å². The van der Waals surface area contributed by atoms with E-state index < -0.39 is 0 Å². The van der Waals surface area contributed by atoms with E-state index in [1.54, 1.807) is 11.1 Å². The van der Waals surface area contributed by atoms with Crippen LogP contribution in [-0.4, -0.2) is 18.0 Å². The molecule has 0 aromatic rings. The number of aliphatic hydroxyl groups is 1. The van der Waals surface area contributed by atoms with Crippen molar-refractivity contribution < 1.29 is 9.90 Å². The maximum Gasteiger partial charge on any atom is 0.120 e. The maximum atomic E-state index is 11.3. The minimum absolute atomic E-state index is 0.111. The van der Waals surface area contributed by atoms with Crippen LogP contribution in [0, 0.1) is 39.9 Å². The van der Waals surface area contributed by atoms with Gasteiger partial charge >= 0.3 is 0 Å². The zero-order valence-corrected chi connectivity index (χ0v) is 21.8. The van der Waals surface area contributed by atoms with Gasteiger partial charge in [-0.15, -0.1) is 0 Å². The predicted octanol–water partition coefficient (Wildman–Crippen LogP) is 7.68. The highest BCUT2D eigenvalue weighted by Gasteiger charge is 2.60. The fourth-order valence-electron chi connectivity index (χ4n) is 8.04. The second-order valence-electron chi connectivity index (χ2n) is 12.3. The maximum absolute atomic E-state index is 11.3. The van der Waals surface area contributed by atoms with Crippen LogP contribution in [0.1, 0.15) is 99.8 Å². The molecule has 1 saturated carbocycles. The van der Waals surface area contributed by atoms with Gasteiger partial charge in [0, 0.05) is 6.42 Å². The Morgan fingerprint density at radius 2 is 1.84 bits per heavy atom. The Balaban J connectivity index is 1.91. The molecule has 0 bridgehead atoms. The van der Waals surface area contributed by atoms with Crippen molar-refractivity contribution in [2.75, 3.05) is 6.61 Å². The number of allylic oxidation sites excluding steroid dienone is 5. The summed E-state index contributed by atoms with van der Waals surface area (Å²) in [7, 11) is 0. The third-order valence-electron chi connectivity index (χ3n) is 10.3. The van der Waals surface area contributed by atoms with Gasteiger partial charge in [-0.05, 0) is 103 Å². The van der Waals surface area contributed by atoms with Gasteiger partial charge < -0.3 is 9.90 Å². The highest BCUT2D eigenvalue weighted by Crippen LogP contribution is 2.70. The third kappa shape index (κ3) is 4.10. The van der Waals surface area contributed by atoms with Crippen LogP contribution in [0.25, 0.3) is 0 Å². The number of hydrogen-bond donors (Lipinski definition) is 1. The van der Waals surface area contributed by atoms with Crippen LogP contribution in [0.3, 0.4) is 0 Å². The van der Waals surface area contributed by atoms with E-state index in [-0.39, 0.29) is 17.4 Å². The first-order valence-corrected chi connectivity index (χ1v) is 13.2. The average molecular weight is 441 g/mol. The van der Waals surface area contributed by atoms with Crippen LogP contribution in [-0.2, 0) is 4.79 Å². The van der Waals surface area contributed by atoms with Gasteiger partial charge in [0.25, 0.3) is 0 Å². The predicted molar refractivity (Wildman–Crippen MR) is 135 cm³/mol. The zero-order valence-electron chi connectivity index (χ0n) is 21.8. The second-order valence-corrected chi connectivity index (χ2v) is 12.3. The molecule has 0 heterocycles. The van der Waals surface area contributed by atoms with Crippen molar-refractivity contribution in [3.63, 3.8) is 0 Å². The molecule has 0 saturated heterocycles. The van der Waals surface area contributed by atoms with Crippen molar-refractivity contribution in [2.45, 2.75) is 99.8 Å². The smallest absolute Gasteiger partial charge is 0.120 e. The van der Waals surface area contributed by atoms with Crippen molar-refractivity contribution in [2.24, 2.45) is 39.9 Å². The Kier molecular flexibility index (Phi) is 7.65. The summed E-state index contributed by atoms with van der Waals surface area (Å²) >= 11 is 0. The first-order chi connectivity index (χ1) is 15.0. The van der Waals surface area contributed by atoms with E-state index in [2.05, 4.69) is 59.8 Å². The number of aldehydes is 1. The third-order valence-corrected chi connectivity index (χ3v) is 10.3. The highest BCUT2D eigenvalue weighted by atomic mass is 16.3. The van der Waals surface area contributed by atoms with Gasteiger partial charge in [0.05, 0.1) is 6.61 Å². The first kappa shape index (κ1) is 25.5. The van der Waals surface area contributed by atoms with Crippen molar-refractivity contribution in [1.29, 1.82) is 0 Å². The average Bonchev–Trinajstić information content (AvgIpc) is 3.03. The lowest BCUT2D eigenvalue weighted by Gasteiger charge is -2.57. The van der Waals surface area contributed by atoms with Crippen LogP contribution >= 0.6 is 0 Å². The molecular weight excluding hydrogens is 392 g/mol. The summed E-state index contributed by atoms with van der Waals surface area (Å²) in [5, 5.41) is 9.30. The van der Waals surface area contributed by atoms with E-state index in [0.717, 1.165) is 43.5 Å². The first-order valence-electron chi connectivity index (χ1n) is 13.2. The number of rotatable bonds is 9. The van der Waals surface area contributed by atoms with E-state index in [9.17, 15) is 9.90 Å². The Labute approximate surface area is 197 Å². The molecule has 0 aromatic carbocycles. The number of carbonyl (C=O) groups excluding carboxylic acids is 1. The summed E-state index contributed by atoms with van der Waals surface area (Å²) in [4.78, 5) is 11.3. The van der Waals surface area contributed by atoms with Crippen LogP contribution in [0.2, 0.25) is 0 Å². The molecule has 0 spiro atoms. The molecule has 0 radical (unpaired) electrons. The normalized spacial score (nSPS) is 38.1. The topological polar surface area (TPSA) is 37.3 Å². The van der Waals surface area contributed by atoms with Gasteiger partial charge in [-0.25, -0.2) is 0 Å². The quantitative estimate of drug-likeness (QED) is 0.295. The summed E-state index contributed by atoms with van der Waals surface area (Å²) in [6, 6.07) is 0. The van der Waals surface area contributed by atoms with Crippen LogP contribution in [0.15, 0.2) is 34.9 Å². The molecule has 32 heavy (non-hydrogen) atoms. The largest absolute Gasteiger partial charge is 0.392 e. The Morgan fingerprint density at radius 1 is 1.12 bits per heavy atom. The standard InChI is InChI=1S/C30H48O2/c1-21(2)24-12-13-27-26(28(24,5)16-9-19-31)15-18-29(6)25(14-17-30(27,29)7)23(4)11-8-10-22(3)20-32/h10,13,15,19,21,23-25,32H,8-9,11-12,14,16-18,20H2,1-7H3. The van der Waals surface area contributed by atoms with Crippen LogP contribution < -0.4 is 0 Å². The number of hydrogen-bond acceptors (Lipinski definition) is 2. The molecule has 0 aliphatic heterocycles. The molecule has 0 aromatic heterocycles. The monoisotopic (exact) mass is 440 g/mol. The summed E-state index contributed by atoms with van der Waals surface area (Å²) in [6.07, 6.45) is 17.4. The molecule has 3 aliphatic carbocycles. The molecule has 6 unspecified atom stereocenters. The van der Waals surface area contributed by atoms with Crippen molar-refractivity contribution >= 4 is 6.29 Å². The molecule has 3 aliphatic rings. The molecule has 180 valence electrons. The van der Waals surface area contributed by atoms with Crippen LogP contribution in [0.5, 0.6) is 0 Å². The van der Waals surface area contributed by atoms with Crippen molar-refractivity contribution in [3.05, 3.63) is 34.9 Å². The Hall–Kier alpha value is -1.15. The summed E-state index contributed by atoms with van der Waals surface area (Å²) in [5.41, 5.74) is 4.94. The lowest BCUT2D eigenvalue weighted by atomic mass is 9.47. The fourth-order valence-corrected chi connectivity index (χ4v) is 8.04. The second kappa shape index (κ2) is 9.61. The molecule has 1 fully saturated rings. The summed E-state index contributed by atoms with van der Waals surface area (Å²) in [5.74, 6) is 2.66.